The van der Waals surface area contributed by atoms with Gasteiger partial charge in [0.25, 0.3) is 0 Å². The van der Waals surface area contributed by atoms with Crippen LogP contribution in [0.3, 0.4) is 0 Å². The molecule has 1 aromatic rings. The second-order valence-corrected chi connectivity index (χ2v) is 6.09. The number of benzene rings is 1. The molecule has 0 amide bonds. The highest BCUT2D eigenvalue weighted by Gasteiger charge is 2.34. The van der Waals surface area contributed by atoms with Crippen molar-refractivity contribution in [3.63, 3.8) is 0 Å². The van der Waals surface area contributed by atoms with Gasteiger partial charge < -0.3 is 15.6 Å². The van der Waals surface area contributed by atoms with E-state index in [-0.39, 0.29) is 29.5 Å². The summed E-state index contributed by atoms with van der Waals surface area (Å²) in [6, 6.07) is 4.48. The molecule has 1 aromatic carbocycles. The van der Waals surface area contributed by atoms with Crippen molar-refractivity contribution < 1.29 is 19.0 Å². The molecule has 1 fully saturated rings. The number of carbonyl (C=O) groups excluding carboxylic acids is 1. The van der Waals surface area contributed by atoms with E-state index in [0.717, 1.165) is 11.8 Å². The van der Waals surface area contributed by atoms with Gasteiger partial charge >= 0.3 is 5.97 Å². The molecule has 19 heavy (non-hydrogen) atoms. The Morgan fingerprint density at radius 3 is 2.95 bits per heavy atom. The maximum atomic E-state index is 13.1. The molecule has 3 N–H and O–H groups in total. The molecule has 0 bridgehead atoms. The van der Waals surface area contributed by atoms with E-state index in [9.17, 15) is 14.3 Å². The number of hydrogen-bond donors (Lipinski definition) is 2. The molecular formula is C12H13ClFNO3S. The van der Waals surface area contributed by atoms with Gasteiger partial charge in [-0.2, -0.15) is 0 Å². The minimum atomic E-state index is -1.27. The Bertz CT molecular complexity index is 478. The minimum absolute atomic E-state index is 0.0447. The number of halogens is 2. The number of hydrogen-bond acceptors (Lipinski definition) is 5. The molecule has 2 rings (SSSR count). The molecule has 0 aromatic heterocycles. The van der Waals surface area contributed by atoms with Crippen molar-refractivity contribution in [1.82, 2.24) is 0 Å². The zero-order valence-electron chi connectivity index (χ0n) is 9.88. The molecule has 104 valence electrons. The summed E-state index contributed by atoms with van der Waals surface area (Å²) in [7, 11) is 0. The number of esters is 1. The third kappa shape index (κ3) is 3.52. The van der Waals surface area contributed by atoms with Gasteiger partial charge in [0.05, 0.1) is 5.56 Å². The van der Waals surface area contributed by atoms with Crippen molar-refractivity contribution in [2.75, 3.05) is 12.3 Å². The van der Waals surface area contributed by atoms with Crippen molar-refractivity contribution in [2.24, 2.45) is 0 Å². The fourth-order valence-corrected chi connectivity index (χ4v) is 3.08. The smallest absolute Gasteiger partial charge is 0.340 e. The van der Waals surface area contributed by atoms with E-state index >= 15 is 0 Å². The fourth-order valence-electron chi connectivity index (χ4n) is 1.78. The van der Waals surface area contributed by atoms with Gasteiger partial charge in [-0.1, -0.05) is 11.6 Å². The maximum absolute atomic E-state index is 13.1. The summed E-state index contributed by atoms with van der Waals surface area (Å²) >= 11 is 6.80. The van der Waals surface area contributed by atoms with Gasteiger partial charge in [0, 0.05) is 16.0 Å². The number of rotatable bonds is 3. The first-order valence-electron chi connectivity index (χ1n) is 5.67. The molecule has 0 radical (unpaired) electrons. The van der Waals surface area contributed by atoms with Gasteiger partial charge in [-0.05, 0) is 24.6 Å². The van der Waals surface area contributed by atoms with Crippen LogP contribution in [-0.2, 0) is 4.74 Å². The number of aliphatic hydroxyl groups is 1. The van der Waals surface area contributed by atoms with Crippen molar-refractivity contribution in [3.8, 4) is 0 Å². The molecular weight excluding hydrogens is 293 g/mol. The lowest BCUT2D eigenvalue weighted by atomic mass is 10.2. The molecule has 0 aliphatic carbocycles. The Balaban J connectivity index is 1.91. The number of aliphatic hydroxyl groups excluding tert-OH is 1. The largest absolute Gasteiger partial charge is 0.461 e. The number of alkyl halides is 1. The van der Waals surface area contributed by atoms with E-state index in [2.05, 4.69) is 0 Å². The first kappa shape index (κ1) is 14.4. The number of nitrogen functional groups attached to an aromatic ring is 1. The molecule has 3 atom stereocenters. The Morgan fingerprint density at radius 2 is 2.37 bits per heavy atom. The quantitative estimate of drug-likeness (QED) is 0.662. The predicted octanol–water partition coefficient (Wildman–Crippen LogP) is 2.24. The molecule has 0 saturated carbocycles. The van der Waals surface area contributed by atoms with E-state index in [4.69, 9.17) is 22.1 Å². The third-order valence-corrected chi connectivity index (χ3v) is 4.29. The van der Waals surface area contributed by atoms with E-state index in [1.165, 1.54) is 12.1 Å². The Kier molecular flexibility index (Phi) is 4.54. The summed E-state index contributed by atoms with van der Waals surface area (Å²) in [5.74, 6) is -0.577. The third-order valence-electron chi connectivity index (χ3n) is 2.76. The molecule has 1 aliphatic heterocycles. The van der Waals surface area contributed by atoms with E-state index in [1.807, 2.05) is 0 Å². The lowest BCUT2D eigenvalue weighted by Crippen LogP contribution is -2.16. The summed E-state index contributed by atoms with van der Waals surface area (Å²) in [6.07, 6.45) is -1.09. The van der Waals surface area contributed by atoms with E-state index in [1.54, 1.807) is 6.07 Å². The zero-order chi connectivity index (χ0) is 14.0. The SMILES string of the molecule is Nc1cc(Cl)ccc1C(=O)OC[C@@H]1C[C@H](F)C(O)S1. The van der Waals surface area contributed by atoms with Crippen LogP contribution in [0.2, 0.25) is 5.02 Å². The van der Waals surface area contributed by atoms with Gasteiger partial charge in [0.15, 0.2) is 0 Å². The van der Waals surface area contributed by atoms with Crippen LogP contribution in [0.4, 0.5) is 10.1 Å². The summed E-state index contributed by atoms with van der Waals surface area (Å²) in [4.78, 5) is 11.8. The van der Waals surface area contributed by atoms with Crippen molar-refractivity contribution >= 4 is 35.0 Å². The Morgan fingerprint density at radius 1 is 1.63 bits per heavy atom. The summed E-state index contributed by atoms with van der Waals surface area (Å²) in [5.41, 5.74) is 5.08. The average Bonchev–Trinajstić information content (AvgIpc) is 2.66. The number of thioether (sulfide) groups is 1. The van der Waals surface area contributed by atoms with Crippen LogP contribution in [0.1, 0.15) is 16.8 Å². The van der Waals surface area contributed by atoms with Crippen LogP contribution in [0.25, 0.3) is 0 Å². The average molecular weight is 306 g/mol. The highest BCUT2D eigenvalue weighted by atomic mass is 35.5. The second-order valence-electron chi connectivity index (χ2n) is 4.23. The van der Waals surface area contributed by atoms with Crippen LogP contribution in [0.15, 0.2) is 18.2 Å². The van der Waals surface area contributed by atoms with E-state index in [0.29, 0.717) is 5.02 Å². The van der Waals surface area contributed by atoms with Crippen LogP contribution >= 0.6 is 23.4 Å². The van der Waals surface area contributed by atoms with Gasteiger partial charge in [0.1, 0.15) is 18.2 Å². The van der Waals surface area contributed by atoms with Crippen LogP contribution in [-0.4, -0.2) is 34.5 Å². The van der Waals surface area contributed by atoms with Crippen molar-refractivity contribution in [1.29, 1.82) is 0 Å². The monoisotopic (exact) mass is 305 g/mol. The van der Waals surface area contributed by atoms with Gasteiger partial charge in [-0.15, -0.1) is 11.8 Å². The Hall–Kier alpha value is -0.980. The molecule has 4 nitrogen and oxygen atoms in total. The zero-order valence-corrected chi connectivity index (χ0v) is 11.5. The molecule has 7 heteroatoms. The normalized spacial score (nSPS) is 26.4. The first-order valence-corrected chi connectivity index (χ1v) is 6.99. The van der Waals surface area contributed by atoms with Gasteiger partial charge in [0.2, 0.25) is 0 Å². The highest BCUT2D eigenvalue weighted by molar-refractivity contribution is 8.00. The Labute approximate surface area is 119 Å². The number of ether oxygens (including phenoxy) is 1. The molecule has 1 heterocycles. The first-order chi connectivity index (χ1) is 8.97. The minimum Gasteiger partial charge on any atom is -0.461 e. The lowest BCUT2D eigenvalue weighted by Gasteiger charge is -2.10. The molecule has 0 spiro atoms. The molecule has 1 aliphatic rings. The summed E-state index contributed by atoms with van der Waals surface area (Å²) in [6.45, 7) is 0.0447. The van der Waals surface area contributed by atoms with Gasteiger partial charge in [-0.3, -0.25) is 0 Å². The maximum Gasteiger partial charge on any atom is 0.340 e. The topological polar surface area (TPSA) is 72.6 Å². The van der Waals surface area contributed by atoms with Crippen molar-refractivity contribution in [3.05, 3.63) is 28.8 Å². The van der Waals surface area contributed by atoms with Crippen LogP contribution < -0.4 is 5.73 Å². The van der Waals surface area contributed by atoms with Crippen molar-refractivity contribution in [2.45, 2.75) is 23.3 Å². The van der Waals surface area contributed by atoms with Crippen LogP contribution in [0, 0.1) is 0 Å². The predicted molar refractivity (Wildman–Crippen MR) is 73.0 cm³/mol. The summed E-state index contributed by atoms with van der Waals surface area (Å²) < 4.78 is 18.1. The van der Waals surface area contributed by atoms with E-state index < -0.39 is 17.6 Å². The highest BCUT2D eigenvalue weighted by Crippen LogP contribution is 2.34. The molecule has 1 saturated heterocycles. The number of nitrogens with two attached hydrogens (primary N) is 1. The fraction of sp³-hybridized carbons (Fsp3) is 0.417. The van der Waals surface area contributed by atoms with Crippen LogP contribution in [0.5, 0.6) is 0 Å². The standard InChI is InChI=1S/C12H13ClFNO3S/c13-6-1-2-8(10(15)3-6)11(16)18-5-7-4-9(14)12(17)19-7/h1-3,7,9,12,17H,4-5,15H2/t7-,9-,12?/m0/s1. The second kappa shape index (κ2) is 5.98. The summed E-state index contributed by atoms with van der Waals surface area (Å²) in [5, 5.41) is 9.44. The lowest BCUT2D eigenvalue weighted by molar-refractivity contribution is 0.0500. The van der Waals surface area contributed by atoms with Gasteiger partial charge in [-0.25, -0.2) is 9.18 Å². The number of carbonyl (C=O) groups is 1. The number of anilines is 1. The molecule has 1 unspecified atom stereocenters.